The summed E-state index contributed by atoms with van der Waals surface area (Å²) in [7, 11) is -0.337. The highest BCUT2D eigenvalue weighted by molar-refractivity contribution is 7.89. The van der Waals surface area contributed by atoms with Crippen molar-refractivity contribution >= 4 is 27.3 Å². The maximum atomic E-state index is 13.1. The topological polar surface area (TPSA) is 69.7 Å². The lowest BCUT2D eigenvalue weighted by Crippen LogP contribution is -2.41. The van der Waals surface area contributed by atoms with Gasteiger partial charge in [-0.3, -0.25) is 4.79 Å². The number of hydrogen-bond acceptors (Lipinski definition) is 4. The van der Waals surface area contributed by atoms with Gasteiger partial charge in [0.05, 0.1) is 21.8 Å². The van der Waals surface area contributed by atoms with E-state index in [9.17, 15) is 26.4 Å². The van der Waals surface area contributed by atoms with Crippen molar-refractivity contribution in [2.75, 3.05) is 37.4 Å². The second-order valence-electron chi connectivity index (χ2n) is 8.56. The molecule has 0 radical (unpaired) electrons. The molecule has 0 aliphatic carbocycles. The summed E-state index contributed by atoms with van der Waals surface area (Å²) in [5, 5.41) is 2.63. The molecule has 180 valence electrons. The van der Waals surface area contributed by atoms with Gasteiger partial charge in [0.15, 0.2) is 0 Å². The SMILES string of the molecule is Cc1ccc(S(=O)(=O)N2CCC(C(=O)Nc3cc(C(F)(F)F)ccc3N(C)C)CC2)c(C)c1. The van der Waals surface area contributed by atoms with E-state index in [-0.39, 0.29) is 36.5 Å². The van der Waals surface area contributed by atoms with E-state index in [4.69, 9.17) is 0 Å². The minimum Gasteiger partial charge on any atom is -0.376 e. The first kappa shape index (κ1) is 25.0. The number of halogens is 3. The third-order valence-electron chi connectivity index (χ3n) is 5.84. The number of carbonyl (C=O) groups is 1. The van der Waals surface area contributed by atoms with Crippen molar-refractivity contribution < 1.29 is 26.4 Å². The fourth-order valence-electron chi connectivity index (χ4n) is 4.02. The van der Waals surface area contributed by atoms with E-state index in [1.165, 1.54) is 10.4 Å². The van der Waals surface area contributed by atoms with E-state index in [1.54, 1.807) is 38.1 Å². The number of nitrogens with zero attached hydrogens (tertiary/aromatic N) is 2. The molecule has 1 aliphatic heterocycles. The molecule has 6 nitrogen and oxygen atoms in total. The summed E-state index contributed by atoms with van der Waals surface area (Å²) >= 11 is 0. The monoisotopic (exact) mass is 483 g/mol. The Morgan fingerprint density at radius 2 is 1.70 bits per heavy atom. The lowest BCUT2D eigenvalue weighted by atomic mass is 9.97. The maximum Gasteiger partial charge on any atom is 0.416 e. The number of anilines is 2. The number of amides is 1. The first-order valence-corrected chi connectivity index (χ1v) is 12.0. The summed E-state index contributed by atoms with van der Waals surface area (Å²) in [5.41, 5.74) is 1.30. The highest BCUT2D eigenvalue weighted by Gasteiger charge is 2.34. The first-order valence-electron chi connectivity index (χ1n) is 10.6. The van der Waals surface area contributed by atoms with E-state index < -0.39 is 33.6 Å². The van der Waals surface area contributed by atoms with Gasteiger partial charge >= 0.3 is 6.18 Å². The van der Waals surface area contributed by atoms with Crippen LogP contribution < -0.4 is 10.2 Å². The van der Waals surface area contributed by atoms with E-state index in [1.807, 2.05) is 13.0 Å². The smallest absolute Gasteiger partial charge is 0.376 e. The van der Waals surface area contributed by atoms with E-state index in [2.05, 4.69) is 5.32 Å². The third kappa shape index (κ3) is 5.50. The number of sulfonamides is 1. The van der Waals surface area contributed by atoms with Crippen molar-refractivity contribution in [2.24, 2.45) is 5.92 Å². The van der Waals surface area contributed by atoms with Crippen LogP contribution in [0.15, 0.2) is 41.3 Å². The van der Waals surface area contributed by atoms with Crippen LogP contribution >= 0.6 is 0 Å². The summed E-state index contributed by atoms with van der Waals surface area (Å²) in [6, 6.07) is 8.36. The van der Waals surface area contributed by atoms with E-state index in [0.717, 1.165) is 17.7 Å². The van der Waals surface area contributed by atoms with Crippen LogP contribution in [-0.2, 0) is 21.0 Å². The fraction of sp³-hybridized carbons (Fsp3) is 0.435. The normalized spacial score (nSPS) is 16.0. The number of benzene rings is 2. The molecule has 3 rings (SSSR count). The fourth-order valence-corrected chi connectivity index (χ4v) is 5.70. The largest absolute Gasteiger partial charge is 0.416 e. The molecular weight excluding hydrogens is 455 g/mol. The summed E-state index contributed by atoms with van der Waals surface area (Å²) < 4.78 is 66.9. The van der Waals surface area contributed by atoms with Gasteiger partial charge in [-0.25, -0.2) is 8.42 Å². The van der Waals surface area contributed by atoms with Crippen LogP contribution in [0.5, 0.6) is 0 Å². The molecule has 0 saturated carbocycles. The Morgan fingerprint density at radius 3 is 2.24 bits per heavy atom. The Kier molecular flexibility index (Phi) is 7.09. The van der Waals surface area contributed by atoms with Crippen LogP contribution in [0.4, 0.5) is 24.5 Å². The Bertz CT molecular complexity index is 1140. The lowest BCUT2D eigenvalue weighted by molar-refractivity contribution is -0.137. The quantitative estimate of drug-likeness (QED) is 0.683. The van der Waals surface area contributed by atoms with E-state index >= 15 is 0 Å². The summed E-state index contributed by atoms with van der Waals surface area (Å²) in [4.78, 5) is 14.7. The molecule has 0 bridgehead atoms. The van der Waals surface area contributed by atoms with Crippen molar-refractivity contribution in [3.63, 3.8) is 0 Å². The second-order valence-corrected chi connectivity index (χ2v) is 10.5. The molecule has 1 aliphatic rings. The average molecular weight is 484 g/mol. The van der Waals surface area contributed by atoms with Gasteiger partial charge in [-0.15, -0.1) is 0 Å². The summed E-state index contributed by atoms with van der Waals surface area (Å²) in [5.74, 6) is -0.916. The van der Waals surface area contributed by atoms with E-state index in [0.29, 0.717) is 11.3 Å². The van der Waals surface area contributed by atoms with Crippen LogP contribution in [0.2, 0.25) is 0 Å². The maximum absolute atomic E-state index is 13.1. The molecule has 1 fully saturated rings. The van der Waals surface area contributed by atoms with Crippen molar-refractivity contribution in [3.05, 3.63) is 53.1 Å². The molecular formula is C23H28F3N3O3S. The van der Waals surface area contributed by atoms with Crippen LogP contribution in [0, 0.1) is 19.8 Å². The van der Waals surface area contributed by atoms with Gasteiger partial charge in [-0.05, 0) is 56.5 Å². The van der Waals surface area contributed by atoms with Crippen molar-refractivity contribution in [3.8, 4) is 0 Å². The zero-order valence-electron chi connectivity index (χ0n) is 19.0. The van der Waals surface area contributed by atoms with Crippen molar-refractivity contribution in [1.82, 2.24) is 4.31 Å². The molecule has 0 atom stereocenters. The van der Waals surface area contributed by atoms with Crippen LogP contribution in [0.3, 0.4) is 0 Å². The average Bonchev–Trinajstić information content (AvgIpc) is 2.72. The summed E-state index contributed by atoms with van der Waals surface area (Å²) in [6.07, 6.45) is -3.96. The molecule has 1 N–H and O–H groups in total. The molecule has 10 heteroatoms. The Balaban J connectivity index is 1.72. The van der Waals surface area contributed by atoms with Gasteiger partial charge in [0.25, 0.3) is 0 Å². The Labute approximate surface area is 192 Å². The standard InChI is InChI=1S/C23H28F3N3O3S/c1-15-5-8-21(16(2)13-15)33(31,32)29-11-9-17(10-12-29)22(30)27-19-14-18(23(24,25)26)6-7-20(19)28(3)4/h5-8,13-14,17H,9-12H2,1-4H3,(H,27,30). The minimum absolute atomic E-state index is 0.0742. The number of rotatable bonds is 5. The zero-order chi connectivity index (χ0) is 24.6. The van der Waals surface area contributed by atoms with Crippen molar-refractivity contribution in [1.29, 1.82) is 0 Å². The molecule has 0 unspecified atom stereocenters. The number of aryl methyl sites for hydroxylation is 2. The van der Waals surface area contributed by atoms with Gasteiger partial charge in [0.2, 0.25) is 15.9 Å². The predicted octanol–water partition coefficient (Wildman–Crippen LogP) is 4.43. The Morgan fingerprint density at radius 1 is 1.06 bits per heavy atom. The first-order chi connectivity index (χ1) is 15.3. The van der Waals surface area contributed by atoms with Crippen LogP contribution in [-0.4, -0.2) is 45.8 Å². The Hall–Kier alpha value is -2.59. The molecule has 0 aromatic heterocycles. The lowest BCUT2D eigenvalue weighted by Gasteiger charge is -2.31. The number of carbonyl (C=O) groups excluding carboxylic acids is 1. The molecule has 33 heavy (non-hydrogen) atoms. The zero-order valence-corrected chi connectivity index (χ0v) is 19.8. The van der Waals surface area contributed by atoms with Gasteiger partial charge in [-0.1, -0.05) is 17.7 Å². The van der Waals surface area contributed by atoms with Crippen LogP contribution in [0.1, 0.15) is 29.5 Å². The van der Waals surface area contributed by atoms with Crippen LogP contribution in [0.25, 0.3) is 0 Å². The molecule has 1 amide bonds. The molecule has 2 aromatic rings. The van der Waals surface area contributed by atoms with Gasteiger partial charge in [0.1, 0.15) is 0 Å². The number of alkyl halides is 3. The minimum atomic E-state index is -4.53. The van der Waals surface area contributed by atoms with Gasteiger partial charge in [-0.2, -0.15) is 17.5 Å². The van der Waals surface area contributed by atoms with Gasteiger partial charge < -0.3 is 10.2 Å². The highest BCUT2D eigenvalue weighted by Crippen LogP contribution is 2.35. The summed E-state index contributed by atoms with van der Waals surface area (Å²) in [6.45, 7) is 3.96. The molecule has 1 saturated heterocycles. The molecule has 2 aromatic carbocycles. The predicted molar refractivity (Wildman–Crippen MR) is 122 cm³/mol. The number of piperidine rings is 1. The number of nitrogens with one attached hydrogen (secondary N) is 1. The second kappa shape index (κ2) is 9.34. The van der Waals surface area contributed by atoms with Gasteiger partial charge in [0, 0.05) is 33.1 Å². The third-order valence-corrected chi connectivity index (χ3v) is 7.90. The molecule has 1 heterocycles. The number of hydrogen-bond donors (Lipinski definition) is 1. The van der Waals surface area contributed by atoms with Crippen molar-refractivity contribution in [2.45, 2.75) is 37.8 Å². The molecule has 0 spiro atoms. The highest BCUT2D eigenvalue weighted by atomic mass is 32.2.